The summed E-state index contributed by atoms with van der Waals surface area (Å²) in [6.45, 7) is 0. The van der Waals surface area contributed by atoms with E-state index in [4.69, 9.17) is 10.5 Å². The van der Waals surface area contributed by atoms with Gasteiger partial charge in [-0.05, 0) is 24.3 Å². The molecule has 1 aromatic carbocycles. The number of nitrogens with two attached hydrogens (primary N) is 1. The van der Waals surface area contributed by atoms with Crippen LogP contribution in [-0.4, -0.2) is 32.7 Å². The van der Waals surface area contributed by atoms with E-state index in [0.717, 1.165) is 4.34 Å². The Morgan fingerprint density at radius 2 is 2.15 bits per heavy atom. The largest absolute Gasteiger partial charge is 0.439 e. The van der Waals surface area contributed by atoms with Gasteiger partial charge in [-0.1, -0.05) is 29.2 Å². The number of amides is 2. The zero-order valence-electron chi connectivity index (χ0n) is 13.3. The van der Waals surface area contributed by atoms with Crippen LogP contribution in [-0.2, 0) is 4.79 Å². The van der Waals surface area contributed by atoms with Crippen LogP contribution in [0.1, 0.15) is 10.4 Å². The van der Waals surface area contributed by atoms with Crippen LogP contribution in [0.2, 0.25) is 0 Å². The lowest BCUT2D eigenvalue weighted by Gasteiger charge is -2.07. The minimum atomic E-state index is -0.534. The molecule has 0 atom stereocenters. The summed E-state index contributed by atoms with van der Waals surface area (Å²) >= 11 is 2.69. The lowest BCUT2D eigenvalue weighted by molar-refractivity contribution is -0.113. The lowest BCUT2D eigenvalue weighted by atomic mass is 10.2. The van der Waals surface area contributed by atoms with Crippen molar-refractivity contribution in [1.29, 1.82) is 0 Å². The fourth-order valence-electron chi connectivity index (χ4n) is 1.90. The molecule has 0 unspecified atom stereocenters. The lowest BCUT2D eigenvalue weighted by Crippen LogP contribution is -2.14. The maximum absolute atomic E-state index is 11.9. The molecule has 0 aliphatic rings. The van der Waals surface area contributed by atoms with Crippen LogP contribution in [0.4, 0.5) is 5.69 Å². The van der Waals surface area contributed by atoms with Gasteiger partial charge in [-0.25, -0.2) is 4.98 Å². The molecule has 2 heterocycles. The molecule has 0 aliphatic heterocycles. The third-order valence-corrected chi connectivity index (χ3v) is 4.89. The summed E-state index contributed by atoms with van der Waals surface area (Å²) in [5, 5.41) is 10.3. The predicted molar refractivity (Wildman–Crippen MR) is 98.5 cm³/mol. The van der Waals surface area contributed by atoms with Crippen molar-refractivity contribution in [3.63, 3.8) is 0 Å². The predicted octanol–water partition coefficient (Wildman–Crippen LogP) is 2.56. The van der Waals surface area contributed by atoms with Gasteiger partial charge in [-0.15, -0.1) is 10.2 Å². The van der Waals surface area contributed by atoms with E-state index in [-0.39, 0.29) is 11.7 Å². The Morgan fingerprint density at radius 1 is 1.27 bits per heavy atom. The number of carbonyl (C=O) groups is 2. The zero-order valence-corrected chi connectivity index (χ0v) is 14.9. The monoisotopic (exact) mass is 387 g/mol. The first-order valence-electron chi connectivity index (χ1n) is 7.33. The number of rotatable bonds is 7. The van der Waals surface area contributed by atoms with Crippen molar-refractivity contribution in [3.05, 3.63) is 53.7 Å². The minimum Gasteiger partial charge on any atom is -0.439 e. The number of ether oxygens (including phenoxy) is 1. The molecule has 132 valence electrons. The van der Waals surface area contributed by atoms with Crippen molar-refractivity contribution < 1.29 is 14.3 Å². The fourth-order valence-corrected chi connectivity index (χ4v) is 3.19. The number of nitrogens with one attached hydrogen (secondary N) is 1. The Labute approximate surface area is 156 Å². The summed E-state index contributed by atoms with van der Waals surface area (Å²) in [6.07, 6.45) is 1.49. The van der Waals surface area contributed by atoms with Crippen LogP contribution in [0.15, 0.2) is 52.4 Å². The number of hydrogen-bond donors (Lipinski definition) is 2. The van der Waals surface area contributed by atoms with Crippen LogP contribution in [0.25, 0.3) is 0 Å². The van der Waals surface area contributed by atoms with E-state index in [1.54, 1.807) is 35.8 Å². The Kier molecular flexibility index (Phi) is 5.77. The number of anilines is 1. The number of primary amides is 1. The second-order valence-corrected chi connectivity index (χ2v) is 6.98. The van der Waals surface area contributed by atoms with Gasteiger partial charge in [0.05, 0.1) is 17.6 Å². The maximum atomic E-state index is 11.9. The van der Waals surface area contributed by atoms with Crippen LogP contribution in [0.3, 0.4) is 0 Å². The molecular formula is C16H13N5O3S2. The van der Waals surface area contributed by atoms with Gasteiger partial charge >= 0.3 is 0 Å². The van der Waals surface area contributed by atoms with Gasteiger partial charge in [0.2, 0.25) is 17.7 Å². The molecule has 3 aromatic rings. The van der Waals surface area contributed by atoms with Crippen molar-refractivity contribution in [1.82, 2.24) is 15.2 Å². The fraction of sp³-hybridized carbons (Fsp3) is 0.0625. The van der Waals surface area contributed by atoms with E-state index in [1.165, 1.54) is 35.4 Å². The molecule has 0 saturated heterocycles. The van der Waals surface area contributed by atoms with Gasteiger partial charge in [0, 0.05) is 11.6 Å². The highest BCUT2D eigenvalue weighted by molar-refractivity contribution is 8.01. The molecule has 0 bridgehead atoms. The van der Waals surface area contributed by atoms with Gasteiger partial charge < -0.3 is 15.8 Å². The van der Waals surface area contributed by atoms with E-state index >= 15 is 0 Å². The second-order valence-electron chi connectivity index (χ2n) is 4.92. The number of hydrogen-bond acceptors (Lipinski definition) is 8. The molecule has 0 spiro atoms. The topological polar surface area (TPSA) is 120 Å². The van der Waals surface area contributed by atoms with Crippen LogP contribution in [0.5, 0.6) is 11.6 Å². The number of pyridine rings is 1. The summed E-state index contributed by atoms with van der Waals surface area (Å²) in [6, 6.07) is 9.78. The molecule has 3 rings (SSSR count). The van der Waals surface area contributed by atoms with Crippen molar-refractivity contribution in [3.8, 4) is 11.6 Å². The van der Waals surface area contributed by atoms with Crippen LogP contribution in [0, 0.1) is 0 Å². The summed E-state index contributed by atoms with van der Waals surface area (Å²) in [5.74, 6) is 0.294. The molecule has 0 saturated carbocycles. The van der Waals surface area contributed by atoms with Crippen molar-refractivity contribution in [2.24, 2.45) is 5.73 Å². The second kappa shape index (κ2) is 8.41. The van der Waals surface area contributed by atoms with E-state index in [2.05, 4.69) is 20.5 Å². The first kappa shape index (κ1) is 17.8. The average Bonchev–Trinajstić information content (AvgIpc) is 3.15. The highest BCUT2D eigenvalue weighted by Gasteiger charge is 2.07. The van der Waals surface area contributed by atoms with Crippen molar-refractivity contribution >= 4 is 40.6 Å². The van der Waals surface area contributed by atoms with Crippen LogP contribution < -0.4 is 15.8 Å². The quantitative estimate of drug-likeness (QED) is 0.598. The molecule has 0 radical (unpaired) electrons. The minimum absolute atomic E-state index is 0.171. The Morgan fingerprint density at radius 3 is 2.85 bits per heavy atom. The molecule has 10 heteroatoms. The molecule has 2 aromatic heterocycles. The van der Waals surface area contributed by atoms with Crippen molar-refractivity contribution in [2.45, 2.75) is 4.34 Å². The molecule has 26 heavy (non-hydrogen) atoms. The molecule has 2 amide bonds. The third kappa shape index (κ3) is 5.01. The van der Waals surface area contributed by atoms with Gasteiger partial charge in [-0.3, -0.25) is 9.59 Å². The van der Waals surface area contributed by atoms with Gasteiger partial charge in [0.25, 0.3) is 0 Å². The molecule has 0 aliphatic carbocycles. The Hall–Kier alpha value is -2.98. The third-order valence-electron chi connectivity index (χ3n) is 3.03. The summed E-state index contributed by atoms with van der Waals surface area (Å²) in [7, 11) is 0. The van der Waals surface area contributed by atoms with E-state index < -0.39 is 5.91 Å². The number of benzene rings is 1. The van der Waals surface area contributed by atoms with Gasteiger partial charge in [-0.2, -0.15) is 0 Å². The smallest absolute Gasteiger partial charge is 0.248 e. The zero-order chi connectivity index (χ0) is 18.4. The van der Waals surface area contributed by atoms with Gasteiger partial charge in [0.1, 0.15) is 11.3 Å². The van der Waals surface area contributed by atoms with Gasteiger partial charge in [0.15, 0.2) is 4.34 Å². The number of carbonyl (C=O) groups excluding carboxylic acids is 2. The summed E-state index contributed by atoms with van der Waals surface area (Å²) in [5.41, 5.74) is 7.75. The highest BCUT2D eigenvalue weighted by atomic mass is 32.2. The van der Waals surface area contributed by atoms with E-state index in [1.807, 2.05) is 0 Å². The Bertz CT molecular complexity index is 901. The standard InChI is InChI=1S/C16H13N5O3S2/c17-15(23)10-2-1-3-12(6-10)24-14-5-4-11(7-18-14)20-13(22)8-25-16-21-19-9-26-16/h1-7,9H,8H2,(H2,17,23)(H,20,22). The number of aromatic nitrogens is 3. The highest BCUT2D eigenvalue weighted by Crippen LogP contribution is 2.22. The molecular weight excluding hydrogens is 374 g/mol. The number of thioether (sulfide) groups is 1. The summed E-state index contributed by atoms with van der Waals surface area (Å²) in [4.78, 5) is 27.2. The molecule has 8 nitrogen and oxygen atoms in total. The Balaban J connectivity index is 1.55. The van der Waals surface area contributed by atoms with E-state index in [0.29, 0.717) is 22.9 Å². The SMILES string of the molecule is NC(=O)c1cccc(Oc2ccc(NC(=O)CSc3nncs3)cn2)c1. The maximum Gasteiger partial charge on any atom is 0.248 e. The average molecular weight is 387 g/mol. The van der Waals surface area contributed by atoms with Crippen LogP contribution >= 0.6 is 23.1 Å². The summed E-state index contributed by atoms with van der Waals surface area (Å²) < 4.78 is 6.31. The first-order chi connectivity index (χ1) is 12.6. The molecule has 0 fully saturated rings. The van der Waals surface area contributed by atoms with E-state index in [9.17, 15) is 9.59 Å². The molecule has 3 N–H and O–H groups in total. The normalized spacial score (nSPS) is 10.3. The van der Waals surface area contributed by atoms with Crippen molar-refractivity contribution in [2.75, 3.05) is 11.1 Å². The number of nitrogens with zero attached hydrogens (tertiary/aromatic N) is 3. The first-order valence-corrected chi connectivity index (χ1v) is 9.19.